The van der Waals surface area contributed by atoms with Crippen LogP contribution in [0, 0.1) is 0 Å². The lowest BCUT2D eigenvalue weighted by Crippen LogP contribution is -2.61. The summed E-state index contributed by atoms with van der Waals surface area (Å²) in [6.45, 7) is 12.3. The molecule has 0 saturated carbocycles. The second-order valence-electron chi connectivity index (χ2n) is 36.5. The van der Waals surface area contributed by atoms with E-state index in [4.69, 9.17) is 13.3 Å². The lowest BCUT2D eigenvalue weighted by Gasteiger charge is -2.46. The van der Waals surface area contributed by atoms with E-state index in [1.54, 1.807) is 9.13 Å². The number of hydrogen-bond donors (Lipinski definition) is 0. The van der Waals surface area contributed by atoms with Gasteiger partial charge in [0, 0.05) is 132 Å². The number of hydrogen-bond acceptors (Lipinski definition) is 5. The molecule has 0 saturated heterocycles. The van der Waals surface area contributed by atoms with Crippen molar-refractivity contribution in [3.63, 3.8) is 0 Å². The number of fused-ring (bicyclic) bond motifs is 22. The minimum absolute atomic E-state index is 0.0932. The molecule has 8 nitrogen and oxygen atoms in total. The zero-order valence-electron chi connectivity index (χ0n) is 87.9. The van der Waals surface area contributed by atoms with Gasteiger partial charge >= 0.3 is 0 Å². The van der Waals surface area contributed by atoms with Gasteiger partial charge in [0.05, 0.1) is 66.4 Å². The summed E-state index contributed by atoms with van der Waals surface area (Å²) in [6.07, 6.45) is 0. The van der Waals surface area contributed by atoms with Crippen molar-refractivity contribution in [3.8, 4) is 72.7 Å². The molecule has 0 unspecified atom stereocenters. The Kier molecular flexibility index (Phi) is 12.9. The van der Waals surface area contributed by atoms with Gasteiger partial charge < -0.3 is 36.8 Å². The van der Waals surface area contributed by atoms with Crippen LogP contribution >= 0.6 is 0 Å². The molecule has 0 bridgehead atoms. The Hall–Kier alpha value is -16.4. The average molecular weight is 1690 g/mol. The van der Waals surface area contributed by atoms with Crippen molar-refractivity contribution < 1.29 is 35.2 Å². The van der Waals surface area contributed by atoms with Gasteiger partial charge in [-0.15, -0.1) is 0 Å². The molecule has 2 aliphatic heterocycles. The van der Waals surface area contributed by atoms with Gasteiger partial charge in [0.15, 0.2) is 0 Å². The molecule has 0 radical (unpaired) electrons. The number of benzene rings is 19. The van der Waals surface area contributed by atoms with E-state index in [1.807, 2.05) is 152 Å². The molecule has 0 spiro atoms. The fourth-order valence-electron chi connectivity index (χ4n) is 21.3. The zero-order valence-corrected chi connectivity index (χ0v) is 71.9. The Balaban J connectivity index is 0.895. The van der Waals surface area contributed by atoms with E-state index in [0.717, 1.165) is 126 Å². The van der Waals surface area contributed by atoms with Crippen LogP contribution in [0.1, 0.15) is 74.6 Å². The molecule has 9 heteroatoms. The van der Waals surface area contributed by atoms with E-state index in [1.165, 1.54) is 0 Å². The standard InChI is InChI=1S/C122H84BN5O3/c1-121(2,3)76-67-93(73-32-9-7-10-33-73)118(97(70-76)90-47-29-46-89-86-41-18-26-53-110(86)131-120(89)90)127-106-71-79(125-100-48-21-13-36-81(100)82-37-14-22-49-101(82)125)59-61-98(106)123-99-62-60-80(126-102-50-23-15-38-83(102)84-39-16-24-51-103(84)126)72-107(99)128(109-66-75(65-108(127)117(109)123)74-58-63-105-94(64-74)85-40-17-25-52-104(85)124(105)78-34-11-8-12-35-78)119-95(87-44-30-56-113-115(87)91-42-19-27-54-111(91)129-113)68-77(122(4,5)6)69-96(119)88-45-31-57-114-116(88)92-43-20-28-55-112(92)130-114/h7-72H,1-6H3/i13D,14D,15D,16D,21D,22D,23D,24D,36D,37D,38D,39D,48D,49D,50D,51D. The Morgan fingerprint density at radius 2 is 0.656 bits per heavy atom. The van der Waals surface area contributed by atoms with E-state index in [9.17, 15) is 21.9 Å². The third kappa shape index (κ3) is 11.1. The molecule has 27 rings (SSSR count). The highest BCUT2D eigenvalue weighted by Crippen LogP contribution is 2.59. The number of aromatic nitrogens is 3. The van der Waals surface area contributed by atoms with Crippen molar-refractivity contribution in [2.75, 3.05) is 9.80 Å². The Morgan fingerprint density at radius 3 is 1.18 bits per heavy atom. The first kappa shape index (κ1) is 60.3. The van der Waals surface area contributed by atoms with Gasteiger partial charge in [-0.3, -0.25) is 0 Å². The van der Waals surface area contributed by atoms with Gasteiger partial charge in [0.2, 0.25) is 0 Å². The van der Waals surface area contributed by atoms with Crippen molar-refractivity contribution in [2.45, 2.75) is 52.4 Å². The predicted molar refractivity (Wildman–Crippen MR) is 550 cm³/mol. The van der Waals surface area contributed by atoms with Gasteiger partial charge in [-0.05, 0) is 212 Å². The molecule has 6 aromatic heterocycles. The molecule has 19 aromatic carbocycles. The molecule has 2 aliphatic rings. The summed E-state index contributed by atoms with van der Waals surface area (Å²) in [7, 11) is 0. The van der Waals surface area contributed by atoms with Gasteiger partial charge in [0.1, 0.15) is 33.5 Å². The predicted octanol–water partition coefficient (Wildman–Crippen LogP) is 31.7. The zero-order chi connectivity index (χ0) is 101. The summed E-state index contributed by atoms with van der Waals surface area (Å²) in [5.74, 6) is 0. The third-order valence-corrected chi connectivity index (χ3v) is 27.2. The van der Waals surface area contributed by atoms with Crippen LogP contribution in [0.2, 0.25) is 0 Å². The summed E-state index contributed by atoms with van der Waals surface area (Å²) < 4.78 is 183. The molecular weight excluding hydrogens is 1590 g/mol. The number of rotatable bonds is 10. The van der Waals surface area contributed by atoms with Crippen LogP contribution in [-0.4, -0.2) is 20.4 Å². The number of anilines is 6. The fourth-order valence-corrected chi connectivity index (χ4v) is 21.3. The fraction of sp³-hybridized carbons (Fsp3) is 0.0656. The van der Waals surface area contributed by atoms with Crippen molar-refractivity contribution in [2.24, 2.45) is 0 Å². The first-order valence-electron chi connectivity index (χ1n) is 52.2. The number of para-hydroxylation sites is 10. The van der Waals surface area contributed by atoms with Crippen LogP contribution in [0.4, 0.5) is 34.1 Å². The Morgan fingerprint density at radius 1 is 0.252 bits per heavy atom. The molecule has 0 amide bonds. The molecule has 0 atom stereocenters. The number of nitrogens with zero attached hydrogens (tertiary/aromatic N) is 5. The molecule has 8 heterocycles. The lowest BCUT2D eigenvalue weighted by molar-refractivity contribution is 0.590. The first-order chi connectivity index (χ1) is 70.9. The molecule has 25 aromatic rings. The minimum Gasteiger partial charge on any atom is -0.456 e. The first-order valence-corrected chi connectivity index (χ1v) is 44.2. The van der Waals surface area contributed by atoms with Crippen molar-refractivity contribution >= 4 is 188 Å². The maximum Gasteiger partial charge on any atom is 0.252 e. The van der Waals surface area contributed by atoms with Crippen LogP contribution < -0.4 is 26.2 Å². The summed E-state index contributed by atoms with van der Waals surface area (Å²) >= 11 is 0. The van der Waals surface area contributed by atoms with Crippen LogP contribution in [0.25, 0.3) is 204 Å². The second kappa shape index (κ2) is 28.1. The second-order valence-corrected chi connectivity index (χ2v) is 36.5. The Bertz CT molecular complexity index is 9940. The van der Waals surface area contributed by atoms with E-state index in [2.05, 4.69) is 208 Å². The van der Waals surface area contributed by atoms with E-state index < -0.39 is 114 Å². The SMILES string of the molecule is [2H]c1c([2H])c([2H])c2c(c1[2H])c1c([2H])c([2H])c([2H])c([2H])c1n2-c1ccc2c(c1)N(c1c(-c3ccccc3)cc(C(C)(C)C)cc1-c1cccc3c1oc1ccccc13)c1cc(-c3ccc4c(c3)c3ccccc3n4-c3ccccc3)cc3c1B2c1ccc(-n2c4c([2H])c([2H])c([2H])c([2H])c4c4c([2H])c([2H])c([2H])c([2H])c42)cc1N3c1c(-c2cccc3oc4ccccc4c23)cc(C(C)(C)C)cc1-c1cccc2oc3ccccc3c12. The molecule has 0 fully saturated rings. The Labute approximate surface area is 779 Å². The molecule has 618 valence electrons. The van der Waals surface area contributed by atoms with Gasteiger partial charge in [0.25, 0.3) is 6.71 Å². The van der Waals surface area contributed by atoms with Gasteiger partial charge in [-0.25, -0.2) is 0 Å². The molecule has 0 aliphatic carbocycles. The molecule has 131 heavy (non-hydrogen) atoms. The van der Waals surface area contributed by atoms with Crippen LogP contribution in [0.15, 0.2) is 413 Å². The molecule has 0 N–H and O–H groups in total. The largest absolute Gasteiger partial charge is 0.456 e. The van der Waals surface area contributed by atoms with Crippen molar-refractivity contribution in [1.82, 2.24) is 13.7 Å². The topological polar surface area (TPSA) is 60.7 Å². The monoisotopic (exact) mass is 1690 g/mol. The number of furan rings is 3. The maximum atomic E-state index is 10.3. The summed E-state index contributed by atoms with van der Waals surface area (Å²) in [4.78, 5) is 4.71. The molecular formula is C122H84BN5O3. The smallest absolute Gasteiger partial charge is 0.252 e. The average Bonchev–Trinajstić information content (AvgIpc) is 1.28. The normalized spacial score (nSPS) is 14.6. The maximum absolute atomic E-state index is 10.3. The summed E-state index contributed by atoms with van der Waals surface area (Å²) in [5, 5.41) is 6.56. The highest BCUT2D eigenvalue weighted by atomic mass is 16.3. The highest BCUT2D eigenvalue weighted by molar-refractivity contribution is 7.00. The van der Waals surface area contributed by atoms with E-state index in [-0.39, 0.29) is 55.0 Å². The summed E-state index contributed by atoms with van der Waals surface area (Å²) in [6, 6.07) is 95.2. The van der Waals surface area contributed by atoms with E-state index in [0.29, 0.717) is 84.1 Å². The van der Waals surface area contributed by atoms with Crippen molar-refractivity contribution in [3.05, 3.63) is 411 Å². The van der Waals surface area contributed by atoms with Gasteiger partial charge in [-0.1, -0.05) is 296 Å². The van der Waals surface area contributed by atoms with Gasteiger partial charge in [-0.2, -0.15) is 0 Å². The van der Waals surface area contributed by atoms with Crippen molar-refractivity contribution in [1.29, 1.82) is 0 Å². The highest BCUT2D eigenvalue weighted by Gasteiger charge is 2.47. The summed E-state index contributed by atoms with van der Waals surface area (Å²) in [5.41, 5.74) is 20.8. The third-order valence-electron chi connectivity index (χ3n) is 27.2. The van der Waals surface area contributed by atoms with Crippen LogP contribution in [-0.2, 0) is 10.8 Å². The lowest BCUT2D eigenvalue weighted by atomic mass is 9.33. The van der Waals surface area contributed by atoms with Crippen LogP contribution in [0.3, 0.4) is 0 Å². The van der Waals surface area contributed by atoms with Crippen LogP contribution in [0.5, 0.6) is 0 Å². The minimum atomic E-state index is -0.948. The van der Waals surface area contributed by atoms with E-state index >= 15 is 0 Å². The quantitative estimate of drug-likeness (QED) is 0.128.